The van der Waals surface area contributed by atoms with Crippen LogP contribution in [0.4, 0.5) is 5.69 Å². The first-order chi connectivity index (χ1) is 12.5. The number of anilines is 1. The van der Waals surface area contributed by atoms with Crippen LogP contribution in [0.3, 0.4) is 0 Å². The second-order valence-electron chi connectivity index (χ2n) is 6.20. The molecule has 0 aromatic heterocycles. The van der Waals surface area contributed by atoms with E-state index >= 15 is 0 Å². The van der Waals surface area contributed by atoms with Gasteiger partial charge in [0, 0.05) is 24.3 Å². The van der Waals surface area contributed by atoms with Gasteiger partial charge in [-0.3, -0.25) is 4.79 Å². The van der Waals surface area contributed by atoms with Crippen LogP contribution in [-0.4, -0.2) is 29.1 Å². The van der Waals surface area contributed by atoms with E-state index in [0.29, 0.717) is 16.5 Å². The zero-order chi connectivity index (χ0) is 18.9. The first-order valence-corrected chi connectivity index (χ1v) is 9.39. The van der Waals surface area contributed by atoms with E-state index in [1.54, 1.807) is 24.3 Å². The first-order valence-electron chi connectivity index (χ1n) is 8.98. The monoisotopic (exact) mass is 370 g/mol. The van der Waals surface area contributed by atoms with Crippen LogP contribution in [0.15, 0.2) is 48.5 Å². The Morgan fingerprint density at radius 2 is 1.73 bits per heavy atom. The Balaban J connectivity index is 1.98. The summed E-state index contributed by atoms with van der Waals surface area (Å²) in [5.41, 5.74) is 2.46. The van der Waals surface area contributed by atoms with Gasteiger partial charge in [0.05, 0.1) is 0 Å². The zero-order valence-corrected chi connectivity index (χ0v) is 16.4. The molecule has 0 saturated carbocycles. The van der Waals surface area contributed by atoms with Crippen LogP contribution in [0.5, 0.6) is 5.75 Å². The van der Waals surface area contributed by atoms with E-state index in [1.807, 2.05) is 31.2 Å². The molecular weight excluding hydrogens is 344 g/mol. The molecule has 0 spiro atoms. The second-order valence-corrected chi connectivity index (χ2v) is 6.55. The molecule has 0 saturated heterocycles. The highest BCUT2D eigenvalue weighted by Gasteiger charge is 2.11. The van der Waals surface area contributed by atoms with Crippen molar-refractivity contribution in [3.8, 4) is 5.75 Å². The Hall–Kier alpha value is -2.40. The molecule has 0 heterocycles. The van der Waals surface area contributed by atoms with Gasteiger partial charge in [-0.2, -0.15) is 0 Å². The van der Waals surface area contributed by atoms with Crippen molar-refractivity contribution < 1.29 is 9.53 Å². The molecular formula is C21H26N2O2S. The Labute approximate surface area is 161 Å². The molecule has 26 heavy (non-hydrogen) atoms. The van der Waals surface area contributed by atoms with Gasteiger partial charge >= 0.3 is 0 Å². The van der Waals surface area contributed by atoms with E-state index < -0.39 is 0 Å². The van der Waals surface area contributed by atoms with Crippen molar-refractivity contribution in [1.82, 2.24) is 4.90 Å². The number of carbonyl (C=O) groups excluding carboxylic acids is 1. The fraction of sp³-hybridized carbons (Fsp3) is 0.333. The van der Waals surface area contributed by atoms with Crippen LogP contribution in [0.1, 0.15) is 42.6 Å². The van der Waals surface area contributed by atoms with Crippen molar-refractivity contribution in [2.75, 3.05) is 18.4 Å². The zero-order valence-electron chi connectivity index (χ0n) is 15.6. The number of ether oxygens (including phenoxy) is 1. The molecule has 0 unspecified atom stereocenters. The lowest BCUT2D eigenvalue weighted by Crippen LogP contribution is -2.34. The minimum absolute atomic E-state index is 0.150. The van der Waals surface area contributed by atoms with E-state index in [0.717, 1.165) is 37.2 Å². The number of hydrogen-bond donors (Lipinski definition) is 1. The lowest BCUT2D eigenvalue weighted by molar-refractivity contribution is 0.102. The number of thiocarbonyl (C=S) groups is 1. The molecule has 0 aliphatic carbocycles. The number of amides is 1. The van der Waals surface area contributed by atoms with Gasteiger partial charge in [-0.05, 0) is 73.9 Å². The predicted molar refractivity (Wildman–Crippen MR) is 111 cm³/mol. The van der Waals surface area contributed by atoms with Crippen LogP contribution in [0.2, 0.25) is 0 Å². The Kier molecular flexibility index (Phi) is 7.60. The fourth-order valence-electron chi connectivity index (χ4n) is 2.60. The number of nitrogens with one attached hydrogen (secondary N) is 1. The molecule has 0 aliphatic rings. The van der Waals surface area contributed by atoms with Crippen molar-refractivity contribution in [3.05, 3.63) is 59.7 Å². The standard InChI is InChI=1S/C21H26N2O2S/c1-4-13-23(14-5-2)21(26)25-19-11-9-17(10-12-19)20(24)22-18-8-6-7-16(3)15-18/h6-12,15H,4-5,13-14H2,1-3H3,(H,22,24). The summed E-state index contributed by atoms with van der Waals surface area (Å²) < 4.78 is 5.78. The lowest BCUT2D eigenvalue weighted by atomic mass is 10.2. The van der Waals surface area contributed by atoms with Gasteiger partial charge in [0.2, 0.25) is 0 Å². The minimum Gasteiger partial charge on any atom is -0.432 e. The molecule has 2 aromatic carbocycles. The third-order valence-electron chi connectivity index (χ3n) is 3.84. The summed E-state index contributed by atoms with van der Waals surface area (Å²) in [6, 6.07) is 14.7. The molecule has 138 valence electrons. The number of hydrogen-bond acceptors (Lipinski definition) is 3. The van der Waals surface area contributed by atoms with Crippen LogP contribution in [0, 0.1) is 6.92 Å². The largest absolute Gasteiger partial charge is 0.432 e. The molecule has 0 fully saturated rings. The maximum absolute atomic E-state index is 12.4. The fourth-order valence-corrected chi connectivity index (χ4v) is 2.88. The summed E-state index contributed by atoms with van der Waals surface area (Å²) in [6.07, 6.45) is 2.03. The number of nitrogens with zero attached hydrogens (tertiary/aromatic N) is 1. The smallest absolute Gasteiger partial charge is 0.264 e. The Morgan fingerprint density at radius 3 is 2.31 bits per heavy atom. The van der Waals surface area contributed by atoms with Crippen molar-refractivity contribution in [1.29, 1.82) is 0 Å². The van der Waals surface area contributed by atoms with Gasteiger partial charge in [0.25, 0.3) is 11.1 Å². The summed E-state index contributed by atoms with van der Waals surface area (Å²) in [4.78, 5) is 14.4. The maximum atomic E-state index is 12.4. The van der Waals surface area contributed by atoms with Crippen molar-refractivity contribution in [2.45, 2.75) is 33.6 Å². The number of rotatable bonds is 7. The van der Waals surface area contributed by atoms with E-state index in [4.69, 9.17) is 17.0 Å². The Bertz CT molecular complexity index is 738. The predicted octanol–water partition coefficient (Wildman–Crippen LogP) is 5.03. The number of aryl methyl sites for hydroxylation is 1. The molecule has 4 nitrogen and oxygen atoms in total. The number of carbonyl (C=O) groups is 1. The molecule has 0 radical (unpaired) electrons. The van der Waals surface area contributed by atoms with Crippen LogP contribution < -0.4 is 10.1 Å². The highest BCUT2D eigenvalue weighted by Crippen LogP contribution is 2.16. The van der Waals surface area contributed by atoms with Gasteiger partial charge in [-0.25, -0.2) is 0 Å². The summed E-state index contributed by atoms with van der Waals surface area (Å²) in [6.45, 7) is 7.98. The third kappa shape index (κ3) is 5.85. The lowest BCUT2D eigenvalue weighted by Gasteiger charge is -2.23. The molecule has 2 rings (SSSR count). The van der Waals surface area contributed by atoms with Crippen molar-refractivity contribution >= 4 is 29.0 Å². The topological polar surface area (TPSA) is 41.6 Å². The molecule has 1 amide bonds. The normalized spacial score (nSPS) is 10.3. The van der Waals surface area contributed by atoms with E-state index in [9.17, 15) is 4.79 Å². The average molecular weight is 371 g/mol. The SMILES string of the molecule is CCCN(CCC)C(=S)Oc1ccc(C(=O)Nc2cccc(C)c2)cc1. The van der Waals surface area contributed by atoms with Crippen LogP contribution in [-0.2, 0) is 0 Å². The molecule has 2 aromatic rings. The van der Waals surface area contributed by atoms with E-state index in [2.05, 4.69) is 24.1 Å². The molecule has 0 aliphatic heterocycles. The summed E-state index contributed by atoms with van der Waals surface area (Å²) in [5, 5.41) is 3.37. The molecule has 1 N–H and O–H groups in total. The van der Waals surface area contributed by atoms with Gasteiger partial charge in [0.15, 0.2) is 0 Å². The quantitative estimate of drug-likeness (QED) is 0.694. The summed E-state index contributed by atoms with van der Waals surface area (Å²) in [5.74, 6) is 0.489. The first kappa shape index (κ1) is 19.9. The van der Waals surface area contributed by atoms with Gasteiger partial charge in [-0.1, -0.05) is 26.0 Å². The van der Waals surface area contributed by atoms with E-state index in [-0.39, 0.29) is 5.91 Å². The summed E-state index contributed by atoms with van der Waals surface area (Å²) >= 11 is 5.40. The van der Waals surface area contributed by atoms with E-state index in [1.165, 1.54) is 0 Å². The molecule has 0 bridgehead atoms. The van der Waals surface area contributed by atoms with Crippen molar-refractivity contribution in [3.63, 3.8) is 0 Å². The van der Waals surface area contributed by atoms with Crippen LogP contribution in [0.25, 0.3) is 0 Å². The Morgan fingerprint density at radius 1 is 1.08 bits per heavy atom. The minimum atomic E-state index is -0.150. The average Bonchev–Trinajstić information content (AvgIpc) is 2.62. The maximum Gasteiger partial charge on any atom is 0.264 e. The number of benzene rings is 2. The van der Waals surface area contributed by atoms with Crippen molar-refractivity contribution in [2.24, 2.45) is 0 Å². The third-order valence-corrected chi connectivity index (χ3v) is 4.18. The van der Waals surface area contributed by atoms with Gasteiger partial charge in [0.1, 0.15) is 5.75 Å². The highest BCUT2D eigenvalue weighted by molar-refractivity contribution is 7.80. The van der Waals surface area contributed by atoms with Gasteiger partial charge < -0.3 is 15.0 Å². The molecule has 0 atom stereocenters. The molecule has 5 heteroatoms. The second kappa shape index (κ2) is 9.92. The highest BCUT2D eigenvalue weighted by atomic mass is 32.1. The van der Waals surface area contributed by atoms with Gasteiger partial charge in [-0.15, -0.1) is 0 Å². The van der Waals surface area contributed by atoms with Crippen LogP contribution >= 0.6 is 12.2 Å². The summed E-state index contributed by atoms with van der Waals surface area (Å²) in [7, 11) is 0.